The molecule has 0 fully saturated rings. The highest BCUT2D eigenvalue weighted by Crippen LogP contribution is 2.10. The summed E-state index contributed by atoms with van der Waals surface area (Å²) in [6.45, 7) is 2.25. The van der Waals surface area contributed by atoms with E-state index in [0.29, 0.717) is 5.99 Å². The molecule has 0 N–H and O–H groups in total. The van der Waals surface area contributed by atoms with Gasteiger partial charge in [-0.1, -0.05) is 84.9 Å². The monoisotopic (exact) mass is 254 g/mol. The van der Waals surface area contributed by atoms with Crippen LogP contribution in [0.4, 0.5) is 0 Å². The van der Waals surface area contributed by atoms with Crippen LogP contribution in [0.5, 0.6) is 0 Å². The number of unbranched alkanes of at least 4 members (excludes halogenated alkanes) is 1. The van der Waals surface area contributed by atoms with Crippen LogP contribution in [0.25, 0.3) is 0 Å². The quantitative estimate of drug-likeness (QED) is 0.563. The molecule has 0 aliphatic carbocycles. The third-order valence-corrected chi connectivity index (χ3v) is 4.39. The normalized spacial score (nSPS) is 10.3. The van der Waals surface area contributed by atoms with E-state index in [9.17, 15) is 0 Å². The van der Waals surface area contributed by atoms with E-state index in [2.05, 4.69) is 79.2 Å². The molecule has 0 bridgehead atoms. The summed E-state index contributed by atoms with van der Waals surface area (Å²) in [5, 5.41) is 0. The smallest absolute Gasteiger partial charge is 0.197 e. The predicted molar refractivity (Wildman–Crippen MR) is 85.3 cm³/mol. The third kappa shape index (κ3) is 3.68. The van der Waals surface area contributed by atoms with Gasteiger partial charge in [0.15, 0.2) is 0 Å². The maximum Gasteiger partial charge on any atom is 0.274 e. The average Bonchev–Trinajstić information content (AvgIpc) is 2.46. The van der Waals surface area contributed by atoms with Gasteiger partial charge in [-0.05, 0) is 12.2 Å². The van der Waals surface area contributed by atoms with Gasteiger partial charge >= 0.3 is 0 Å². The molecular weight excluding hydrogens is 235 g/mol. The van der Waals surface area contributed by atoms with Crippen molar-refractivity contribution in [3.63, 3.8) is 0 Å². The highest BCUT2D eigenvalue weighted by atomic mass is 32.2. The first-order chi connectivity index (χ1) is 8.92. The van der Waals surface area contributed by atoms with Crippen LogP contribution in [0.15, 0.2) is 60.7 Å². The lowest BCUT2D eigenvalue weighted by atomic mass is 9.62. The average molecular weight is 254 g/mol. The molecule has 0 aliphatic heterocycles. The first-order valence-electron chi connectivity index (χ1n) is 6.63. The minimum absolute atomic E-state index is 0.471. The lowest BCUT2D eigenvalue weighted by Crippen LogP contribution is -2.39. The van der Waals surface area contributed by atoms with Gasteiger partial charge in [0.1, 0.15) is 0 Å². The van der Waals surface area contributed by atoms with Gasteiger partial charge in [0.25, 0.3) is 5.99 Å². The summed E-state index contributed by atoms with van der Waals surface area (Å²) in [6.07, 6.45) is 2.56. The second-order valence-electron chi connectivity index (χ2n) is 4.43. The van der Waals surface area contributed by atoms with Crippen LogP contribution in [0.1, 0.15) is 19.8 Å². The van der Waals surface area contributed by atoms with Crippen LogP contribution in [0.3, 0.4) is 0 Å². The Kier molecular flexibility index (Phi) is 5.41. The Balaban J connectivity index is 2.18. The van der Waals surface area contributed by atoms with Gasteiger partial charge in [0, 0.05) is 0 Å². The van der Waals surface area contributed by atoms with Gasteiger partial charge in [-0.2, -0.15) is 11.6 Å². The van der Waals surface area contributed by atoms with Gasteiger partial charge in [-0.25, -0.2) is 0 Å². The van der Waals surface area contributed by atoms with E-state index in [0.717, 1.165) is 0 Å². The summed E-state index contributed by atoms with van der Waals surface area (Å²) in [5.41, 5.74) is 2.81. The second-order valence-corrected chi connectivity index (χ2v) is 5.64. The van der Waals surface area contributed by atoms with Crippen molar-refractivity contribution in [2.75, 3.05) is 5.75 Å². The van der Waals surface area contributed by atoms with Gasteiger partial charge in [0.2, 0.25) is 0 Å². The molecule has 2 aromatic rings. The second kappa shape index (κ2) is 7.32. The summed E-state index contributed by atoms with van der Waals surface area (Å²) in [7, 11) is 0. The Hall–Kier alpha value is -1.15. The fourth-order valence-electron chi connectivity index (χ4n) is 1.99. The van der Waals surface area contributed by atoms with Crippen molar-refractivity contribution in [3.05, 3.63) is 60.7 Å². The van der Waals surface area contributed by atoms with E-state index >= 15 is 0 Å². The molecule has 0 saturated heterocycles. The van der Waals surface area contributed by atoms with E-state index in [1.54, 1.807) is 0 Å². The zero-order chi connectivity index (χ0) is 12.6. The van der Waals surface area contributed by atoms with E-state index in [1.807, 2.05) is 0 Å². The molecule has 0 nitrogen and oxygen atoms in total. The minimum Gasteiger partial charge on any atom is -0.197 e. The Labute approximate surface area is 115 Å². The Morgan fingerprint density at radius 1 is 0.833 bits per heavy atom. The fourth-order valence-corrected chi connectivity index (χ4v) is 3.38. The van der Waals surface area contributed by atoms with Crippen molar-refractivity contribution in [1.82, 2.24) is 0 Å². The van der Waals surface area contributed by atoms with Crippen molar-refractivity contribution in [3.8, 4) is 0 Å². The Morgan fingerprint density at radius 3 is 1.78 bits per heavy atom. The van der Waals surface area contributed by atoms with Crippen molar-refractivity contribution in [1.29, 1.82) is 0 Å². The molecule has 2 rings (SSSR count). The molecule has 18 heavy (non-hydrogen) atoms. The predicted octanol–water partition coefficient (Wildman–Crippen LogP) is 3.33. The van der Waals surface area contributed by atoms with Crippen molar-refractivity contribution in [2.45, 2.75) is 19.8 Å². The zero-order valence-corrected chi connectivity index (χ0v) is 11.7. The molecule has 2 heteroatoms. The lowest BCUT2D eigenvalue weighted by Gasteiger charge is -2.14. The van der Waals surface area contributed by atoms with Gasteiger partial charge in [-0.15, -0.1) is 0 Å². The standard InChI is InChI=1S/C16H19BS/c1-2-3-14-18-17(15-10-6-4-7-11-15)16-12-8-5-9-13-16/h4-13H,2-3,14H2,1H3. The molecule has 0 saturated carbocycles. The molecule has 92 valence electrons. The van der Waals surface area contributed by atoms with Crippen LogP contribution in [-0.4, -0.2) is 11.7 Å². The Morgan fingerprint density at radius 2 is 1.33 bits per heavy atom. The van der Waals surface area contributed by atoms with E-state index in [-0.39, 0.29) is 0 Å². The number of benzene rings is 2. The SMILES string of the molecule is CCCCSB(c1ccccc1)c1ccccc1. The maximum absolute atomic E-state index is 2.25. The van der Waals surface area contributed by atoms with Gasteiger partial charge < -0.3 is 0 Å². The largest absolute Gasteiger partial charge is 0.274 e. The molecule has 0 unspecified atom stereocenters. The first-order valence-corrected chi connectivity index (χ1v) is 7.68. The number of rotatable bonds is 6. The van der Waals surface area contributed by atoms with Gasteiger partial charge in [0.05, 0.1) is 0 Å². The first kappa shape index (κ1) is 13.3. The van der Waals surface area contributed by atoms with Crippen LogP contribution in [0.2, 0.25) is 0 Å². The van der Waals surface area contributed by atoms with Crippen molar-refractivity contribution < 1.29 is 0 Å². The zero-order valence-electron chi connectivity index (χ0n) is 10.9. The highest BCUT2D eigenvalue weighted by Gasteiger charge is 2.18. The molecule has 0 amide bonds. The molecule has 2 aromatic carbocycles. The Bertz CT molecular complexity index is 402. The van der Waals surface area contributed by atoms with Crippen LogP contribution >= 0.6 is 11.6 Å². The van der Waals surface area contributed by atoms with E-state index < -0.39 is 0 Å². The molecule has 0 atom stereocenters. The van der Waals surface area contributed by atoms with E-state index in [4.69, 9.17) is 0 Å². The third-order valence-electron chi connectivity index (χ3n) is 2.99. The molecule has 0 spiro atoms. The number of hydrogen-bond donors (Lipinski definition) is 0. The summed E-state index contributed by atoms with van der Waals surface area (Å²) in [5.74, 6) is 1.70. The van der Waals surface area contributed by atoms with E-state index in [1.165, 1.54) is 29.5 Å². The maximum atomic E-state index is 2.25. The van der Waals surface area contributed by atoms with Gasteiger partial charge in [-0.3, -0.25) is 0 Å². The summed E-state index contributed by atoms with van der Waals surface area (Å²) >= 11 is 2.05. The lowest BCUT2D eigenvalue weighted by molar-refractivity contribution is 0.898. The van der Waals surface area contributed by atoms with Crippen LogP contribution < -0.4 is 10.9 Å². The molecular formula is C16H19BS. The van der Waals surface area contributed by atoms with Crippen LogP contribution in [0, 0.1) is 0 Å². The molecule has 0 heterocycles. The molecule has 0 aliphatic rings. The molecule has 0 radical (unpaired) electrons. The minimum atomic E-state index is 0.471. The number of hydrogen-bond acceptors (Lipinski definition) is 1. The molecule has 0 aromatic heterocycles. The summed E-state index contributed by atoms with van der Waals surface area (Å²) < 4.78 is 0. The summed E-state index contributed by atoms with van der Waals surface area (Å²) in [6, 6.07) is 21.6. The summed E-state index contributed by atoms with van der Waals surface area (Å²) in [4.78, 5) is 0. The fraction of sp³-hybridized carbons (Fsp3) is 0.250. The highest BCUT2D eigenvalue weighted by molar-refractivity contribution is 8.28. The van der Waals surface area contributed by atoms with Crippen molar-refractivity contribution >= 4 is 28.5 Å². The van der Waals surface area contributed by atoms with Crippen molar-refractivity contribution in [2.24, 2.45) is 0 Å². The van der Waals surface area contributed by atoms with Crippen LogP contribution in [-0.2, 0) is 0 Å². The topological polar surface area (TPSA) is 0 Å².